The summed E-state index contributed by atoms with van der Waals surface area (Å²) in [4.78, 5) is 17.2. The summed E-state index contributed by atoms with van der Waals surface area (Å²) in [5, 5.41) is 20.8. The minimum absolute atomic E-state index is 0.0721. The lowest BCUT2D eigenvalue weighted by atomic mass is 9.87. The van der Waals surface area contributed by atoms with Gasteiger partial charge < -0.3 is 15.1 Å². The van der Waals surface area contributed by atoms with Crippen molar-refractivity contribution in [3.63, 3.8) is 0 Å². The number of hydrogen-bond acceptors (Lipinski definition) is 6. The van der Waals surface area contributed by atoms with Gasteiger partial charge in [-0.3, -0.25) is 15.2 Å². The van der Waals surface area contributed by atoms with Crippen LogP contribution < -0.4 is 15.4 Å². The molecule has 4 rings (SSSR count). The molecule has 0 radical (unpaired) electrons. The molecule has 0 saturated carbocycles. The van der Waals surface area contributed by atoms with Gasteiger partial charge in [-0.2, -0.15) is 13.2 Å². The van der Waals surface area contributed by atoms with Crippen LogP contribution in [0.25, 0.3) is 0 Å². The van der Waals surface area contributed by atoms with Crippen molar-refractivity contribution in [2.45, 2.75) is 76.9 Å². The molecular formula is C30H41F3N4O3. The average Bonchev–Trinajstić information content (AvgIpc) is 2.91. The molecule has 0 bridgehead atoms. The Kier molecular flexibility index (Phi) is 9.19. The van der Waals surface area contributed by atoms with Gasteiger partial charge in [0.2, 0.25) is 5.91 Å². The van der Waals surface area contributed by atoms with Crippen LogP contribution in [0.1, 0.15) is 70.4 Å². The molecule has 7 nitrogen and oxygen atoms in total. The summed E-state index contributed by atoms with van der Waals surface area (Å²) >= 11 is 0. The molecule has 2 aromatic rings. The molecule has 0 atom stereocenters. The summed E-state index contributed by atoms with van der Waals surface area (Å²) in [6.45, 7) is 9.77. The Morgan fingerprint density at radius 3 is 2.12 bits per heavy atom. The molecule has 3 N–H and O–H groups in total. The highest BCUT2D eigenvalue weighted by atomic mass is 19.4. The molecule has 0 aliphatic carbocycles. The fourth-order valence-electron chi connectivity index (χ4n) is 5.67. The van der Waals surface area contributed by atoms with Crippen molar-refractivity contribution in [1.82, 2.24) is 4.90 Å². The SMILES string of the molecule is CC(C)(C)c1ccc(N2CCC(CCC(=O)N3CCC(Nc4ccc(N(O)O)c(C(F)(F)F)c4)CC3)CC2)cc1. The number of rotatable bonds is 7. The highest BCUT2D eigenvalue weighted by Gasteiger charge is 2.35. The van der Waals surface area contributed by atoms with Crippen LogP contribution >= 0.6 is 0 Å². The number of piperidine rings is 2. The number of carbonyl (C=O) groups excluding carboxylic acids is 1. The Morgan fingerprint density at radius 2 is 1.57 bits per heavy atom. The molecule has 220 valence electrons. The van der Waals surface area contributed by atoms with Gasteiger partial charge in [0.25, 0.3) is 0 Å². The fourth-order valence-corrected chi connectivity index (χ4v) is 5.67. The van der Waals surface area contributed by atoms with Crippen LogP contribution in [0.4, 0.5) is 30.2 Å². The first-order chi connectivity index (χ1) is 18.8. The van der Waals surface area contributed by atoms with Gasteiger partial charge in [-0.1, -0.05) is 32.9 Å². The molecule has 2 aliphatic rings. The molecule has 40 heavy (non-hydrogen) atoms. The maximum absolute atomic E-state index is 13.3. The van der Waals surface area contributed by atoms with Gasteiger partial charge >= 0.3 is 6.18 Å². The minimum atomic E-state index is -4.74. The van der Waals surface area contributed by atoms with E-state index in [9.17, 15) is 18.0 Å². The summed E-state index contributed by atoms with van der Waals surface area (Å²) in [7, 11) is 0. The number of alkyl halides is 3. The lowest BCUT2D eigenvalue weighted by molar-refractivity contribution is -0.138. The summed E-state index contributed by atoms with van der Waals surface area (Å²) in [5.41, 5.74) is 1.10. The first-order valence-corrected chi connectivity index (χ1v) is 14.1. The Morgan fingerprint density at radius 1 is 0.950 bits per heavy atom. The van der Waals surface area contributed by atoms with Gasteiger partial charge in [0, 0.05) is 50.0 Å². The molecule has 0 unspecified atom stereocenters. The number of nitrogens with zero attached hydrogens (tertiary/aromatic N) is 3. The van der Waals surface area contributed by atoms with Gasteiger partial charge in [0.1, 0.15) is 5.69 Å². The van der Waals surface area contributed by atoms with Crippen molar-refractivity contribution >= 4 is 23.0 Å². The lowest BCUT2D eigenvalue weighted by Crippen LogP contribution is -2.42. The third kappa shape index (κ3) is 7.60. The van der Waals surface area contributed by atoms with Crippen LogP contribution in [0, 0.1) is 5.92 Å². The van der Waals surface area contributed by atoms with Crippen molar-refractivity contribution in [3.8, 4) is 0 Å². The van der Waals surface area contributed by atoms with Crippen LogP contribution in [-0.2, 0) is 16.4 Å². The van der Waals surface area contributed by atoms with E-state index in [0.29, 0.717) is 38.3 Å². The quantitative estimate of drug-likeness (QED) is 0.327. The maximum Gasteiger partial charge on any atom is 0.418 e. The molecule has 1 amide bonds. The van der Waals surface area contributed by atoms with Gasteiger partial charge in [-0.25, -0.2) is 0 Å². The van der Waals surface area contributed by atoms with Crippen molar-refractivity contribution in [2.24, 2.45) is 5.92 Å². The van der Waals surface area contributed by atoms with E-state index < -0.39 is 22.7 Å². The highest BCUT2D eigenvalue weighted by Crippen LogP contribution is 2.38. The van der Waals surface area contributed by atoms with E-state index in [2.05, 4.69) is 55.3 Å². The average molecular weight is 563 g/mol. The molecule has 2 heterocycles. The van der Waals surface area contributed by atoms with Crippen molar-refractivity contribution in [1.29, 1.82) is 0 Å². The number of anilines is 3. The van der Waals surface area contributed by atoms with Crippen LogP contribution in [0.2, 0.25) is 0 Å². The zero-order chi connectivity index (χ0) is 29.1. The summed E-state index contributed by atoms with van der Waals surface area (Å²) in [6, 6.07) is 12.1. The van der Waals surface area contributed by atoms with Crippen LogP contribution in [-0.4, -0.2) is 53.4 Å². The van der Waals surface area contributed by atoms with Gasteiger partial charge in [-0.05, 0) is 79.3 Å². The number of likely N-dealkylation sites (tertiary alicyclic amines) is 1. The van der Waals surface area contributed by atoms with Crippen LogP contribution in [0.3, 0.4) is 0 Å². The third-order valence-corrected chi connectivity index (χ3v) is 8.22. The van der Waals surface area contributed by atoms with Crippen molar-refractivity contribution in [3.05, 3.63) is 53.6 Å². The second-order valence-corrected chi connectivity index (χ2v) is 12.1. The number of hydrogen-bond donors (Lipinski definition) is 3. The smallest absolute Gasteiger partial charge is 0.382 e. The number of amides is 1. The monoisotopic (exact) mass is 562 g/mol. The van der Waals surface area contributed by atoms with E-state index in [1.807, 2.05) is 4.90 Å². The standard InChI is InChI=1S/C30H41F3N4O3/c1-29(2,3)22-5-8-25(9-6-22)35-16-12-21(13-17-35)4-11-28(38)36-18-14-23(15-19-36)34-24-7-10-27(37(39)40)26(20-24)30(31,32)33/h5-10,20-21,23,34,39-40H,4,11-19H2,1-3H3. The van der Waals surface area contributed by atoms with Gasteiger partial charge in [0.15, 0.2) is 0 Å². The topological polar surface area (TPSA) is 79.3 Å². The third-order valence-electron chi connectivity index (χ3n) is 8.22. The summed E-state index contributed by atoms with van der Waals surface area (Å²) < 4.78 is 40.0. The molecule has 2 saturated heterocycles. The van der Waals surface area contributed by atoms with Crippen molar-refractivity contribution < 1.29 is 28.4 Å². The van der Waals surface area contributed by atoms with E-state index in [1.165, 1.54) is 17.3 Å². The summed E-state index contributed by atoms with van der Waals surface area (Å²) in [6.07, 6.45) is 0.0829. The fraction of sp³-hybridized carbons (Fsp3) is 0.567. The number of halogens is 3. The Labute approximate surface area is 234 Å². The second-order valence-electron chi connectivity index (χ2n) is 12.1. The Hall–Kier alpha value is -2.98. The molecular weight excluding hydrogens is 521 g/mol. The van der Waals surface area contributed by atoms with Crippen LogP contribution in [0.15, 0.2) is 42.5 Å². The molecule has 2 aromatic carbocycles. The van der Waals surface area contributed by atoms with E-state index in [0.717, 1.165) is 44.5 Å². The molecule has 0 aromatic heterocycles. The molecule has 10 heteroatoms. The lowest BCUT2D eigenvalue weighted by Gasteiger charge is -2.35. The Bertz CT molecular complexity index is 1130. The first-order valence-electron chi connectivity index (χ1n) is 14.1. The second kappa shape index (κ2) is 12.3. The van der Waals surface area contributed by atoms with Gasteiger partial charge in [0.05, 0.1) is 5.56 Å². The predicted octanol–water partition coefficient (Wildman–Crippen LogP) is 6.69. The number of nitrogens with one attached hydrogen (secondary N) is 1. The molecule has 2 aliphatic heterocycles. The predicted molar refractivity (Wildman–Crippen MR) is 150 cm³/mol. The molecule has 2 fully saturated rings. The maximum atomic E-state index is 13.3. The Balaban J connectivity index is 1.19. The van der Waals surface area contributed by atoms with E-state index in [-0.39, 0.29) is 23.1 Å². The van der Waals surface area contributed by atoms with Crippen molar-refractivity contribution in [2.75, 3.05) is 41.6 Å². The highest BCUT2D eigenvalue weighted by molar-refractivity contribution is 5.76. The zero-order valence-corrected chi connectivity index (χ0v) is 23.5. The first kappa shape index (κ1) is 30.0. The largest absolute Gasteiger partial charge is 0.418 e. The number of carbonyl (C=O) groups is 1. The van der Waals surface area contributed by atoms with Gasteiger partial charge in [-0.15, -0.1) is 5.23 Å². The summed E-state index contributed by atoms with van der Waals surface area (Å²) in [5.74, 6) is 0.682. The zero-order valence-electron chi connectivity index (χ0n) is 23.5. The van der Waals surface area contributed by atoms with Crippen LogP contribution in [0.5, 0.6) is 0 Å². The minimum Gasteiger partial charge on any atom is -0.382 e. The van der Waals surface area contributed by atoms with E-state index >= 15 is 0 Å². The number of benzene rings is 2. The van der Waals surface area contributed by atoms with E-state index in [4.69, 9.17) is 10.4 Å². The van der Waals surface area contributed by atoms with E-state index in [1.54, 1.807) is 0 Å². The molecule has 0 spiro atoms. The normalized spacial score (nSPS) is 17.7.